The molecule has 19 heavy (non-hydrogen) atoms. The summed E-state index contributed by atoms with van der Waals surface area (Å²) in [4.78, 5) is 17.7. The van der Waals surface area contributed by atoms with Crippen LogP contribution in [0.25, 0.3) is 0 Å². The molecular weight excluding hydrogens is 240 g/mol. The first-order valence-corrected chi connectivity index (χ1v) is 6.80. The Kier molecular flexibility index (Phi) is 4.37. The number of hydrogen-bond donors (Lipinski definition) is 2. The van der Waals surface area contributed by atoms with Gasteiger partial charge in [-0.1, -0.05) is 0 Å². The van der Waals surface area contributed by atoms with Crippen molar-refractivity contribution in [1.82, 2.24) is 10.3 Å². The number of rotatable bonds is 3. The number of piperidine rings is 1. The van der Waals surface area contributed by atoms with E-state index in [1.807, 2.05) is 19.2 Å². The van der Waals surface area contributed by atoms with E-state index in [-0.39, 0.29) is 11.9 Å². The Balaban J connectivity index is 1.97. The lowest BCUT2D eigenvalue weighted by Crippen LogP contribution is -2.44. The number of nitrogens with one attached hydrogen (secondary N) is 1. The Morgan fingerprint density at radius 1 is 1.53 bits per heavy atom. The smallest absolute Gasteiger partial charge is 0.217 e. The van der Waals surface area contributed by atoms with Crippen LogP contribution in [0.1, 0.15) is 38.3 Å². The average molecular weight is 262 g/mol. The van der Waals surface area contributed by atoms with Gasteiger partial charge in [-0.2, -0.15) is 0 Å². The van der Waals surface area contributed by atoms with E-state index in [2.05, 4.69) is 21.3 Å². The third-order valence-corrected chi connectivity index (χ3v) is 3.52. The Bertz CT molecular complexity index is 439. The van der Waals surface area contributed by atoms with E-state index < -0.39 is 0 Å². The van der Waals surface area contributed by atoms with Crippen molar-refractivity contribution in [3.8, 4) is 0 Å². The van der Waals surface area contributed by atoms with Gasteiger partial charge in [0.1, 0.15) is 5.82 Å². The van der Waals surface area contributed by atoms with E-state index in [4.69, 9.17) is 5.73 Å². The predicted molar refractivity (Wildman–Crippen MR) is 75.9 cm³/mol. The van der Waals surface area contributed by atoms with Gasteiger partial charge in [-0.15, -0.1) is 0 Å². The number of pyridine rings is 1. The number of hydrogen-bond acceptors (Lipinski definition) is 4. The van der Waals surface area contributed by atoms with Crippen molar-refractivity contribution < 1.29 is 4.79 Å². The molecular formula is C14H22N4O. The minimum atomic E-state index is 0.0265. The number of amides is 1. The van der Waals surface area contributed by atoms with Gasteiger partial charge in [-0.3, -0.25) is 4.79 Å². The van der Waals surface area contributed by atoms with Crippen molar-refractivity contribution >= 4 is 11.7 Å². The van der Waals surface area contributed by atoms with E-state index in [0.29, 0.717) is 6.04 Å². The molecule has 0 aromatic carbocycles. The standard InChI is InChI=1S/C14H22N4O/c1-10(15)12-3-6-16-14(9-12)18-7-4-13(5-8-18)17-11(2)19/h3,6,9-10,13H,4-5,7-8,15H2,1-2H3,(H,17,19)/t10-/m0/s1. The molecule has 1 saturated heterocycles. The Hall–Kier alpha value is -1.62. The fourth-order valence-electron chi connectivity index (χ4n) is 2.43. The topological polar surface area (TPSA) is 71.2 Å². The van der Waals surface area contributed by atoms with E-state index in [1.54, 1.807) is 6.92 Å². The first-order chi connectivity index (χ1) is 9.06. The summed E-state index contributed by atoms with van der Waals surface area (Å²) in [5, 5.41) is 2.98. The largest absolute Gasteiger partial charge is 0.356 e. The van der Waals surface area contributed by atoms with Crippen molar-refractivity contribution in [2.45, 2.75) is 38.8 Å². The van der Waals surface area contributed by atoms with Crippen molar-refractivity contribution in [3.05, 3.63) is 23.9 Å². The van der Waals surface area contributed by atoms with Crippen LogP contribution in [-0.4, -0.2) is 30.0 Å². The molecule has 0 saturated carbocycles. The molecule has 1 aliphatic rings. The minimum Gasteiger partial charge on any atom is -0.356 e. The van der Waals surface area contributed by atoms with Crippen LogP contribution in [0.5, 0.6) is 0 Å². The number of nitrogens with zero attached hydrogens (tertiary/aromatic N) is 2. The lowest BCUT2D eigenvalue weighted by atomic mass is 10.0. The molecule has 2 heterocycles. The Morgan fingerprint density at radius 2 is 2.21 bits per heavy atom. The average Bonchev–Trinajstić information content (AvgIpc) is 2.39. The van der Waals surface area contributed by atoms with Gasteiger partial charge in [0.2, 0.25) is 5.91 Å². The van der Waals surface area contributed by atoms with Crippen LogP contribution in [0.4, 0.5) is 5.82 Å². The zero-order valence-electron chi connectivity index (χ0n) is 11.6. The highest BCUT2D eigenvalue weighted by atomic mass is 16.1. The van der Waals surface area contributed by atoms with Crippen LogP contribution in [0.2, 0.25) is 0 Å². The number of anilines is 1. The maximum atomic E-state index is 11.0. The molecule has 0 aliphatic carbocycles. The van der Waals surface area contributed by atoms with Gasteiger partial charge >= 0.3 is 0 Å². The summed E-state index contributed by atoms with van der Waals surface area (Å²) in [6.07, 6.45) is 3.74. The van der Waals surface area contributed by atoms with E-state index >= 15 is 0 Å². The summed E-state index contributed by atoms with van der Waals surface area (Å²) < 4.78 is 0. The quantitative estimate of drug-likeness (QED) is 0.859. The summed E-state index contributed by atoms with van der Waals surface area (Å²) in [6, 6.07) is 4.34. The molecule has 0 spiro atoms. The normalized spacial score (nSPS) is 18.2. The molecule has 1 amide bonds. The highest BCUT2D eigenvalue weighted by Gasteiger charge is 2.20. The van der Waals surface area contributed by atoms with Crippen LogP contribution in [0.15, 0.2) is 18.3 Å². The summed E-state index contributed by atoms with van der Waals surface area (Å²) >= 11 is 0. The fraction of sp³-hybridized carbons (Fsp3) is 0.571. The summed E-state index contributed by atoms with van der Waals surface area (Å²) in [7, 11) is 0. The molecule has 3 N–H and O–H groups in total. The molecule has 1 fully saturated rings. The molecule has 0 bridgehead atoms. The molecule has 1 atom stereocenters. The Labute approximate surface area is 114 Å². The van der Waals surface area contributed by atoms with Gasteiger partial charge in [-0.05, 0) is 37.5 Å². The van der Waals surface area contributed by atoms with Crippen molar-refractivity contribution in [2.24, 2.45) is 5.73 Å². The van der Waals surface area contributed by atoms with Crippen LogP contribution >= 0.6 is 0 Å². The maximum absolute atomic E-state index is 11.0. The second-order valence-electron chi connectivity index (χ2n) is 5.20. The monoisotopic (exact) mass is 262 g/mol. The lowest BCUT2D eigenvalue weighted by Gasteiger charge is -2.33. The molecule has 1 aromatic heterocycles. The third-order valence-electron chi connectivity index (χ3n) is 3.52. The second kappa shape index (κ2) is 6.02. The minimum absolute atomic E-state index is 0.0265. The van der Waals surface area contributed by atoms with Gasteiger partial charge in [0.05, 0.1) is 0 Å². The van der Waals surface area contributed by atoms with E-state index in [9.17, 15) is 4.79 Å². The lowest BCUT2D eigenvalue weighted by molar-refractivity contribution is -0.119. The summed E-state index contributed by atoms with van der Waals surface area (Å²) in [5.41, 5.74) is 7.00. The zero-order chi connectivity index (χ0) is 13.8. The summed E-state index contributed by atoms with van der Waals surface area (Å²) in [6.45, 7) is 5.38. The van der Waals surface area contributed by atoms with Crippen molar-refractivity contribution in [3.63, 3.8) is 0 Å². The number of carbonyl (C=O) groups excluding carboxylic acids is 1. The van der Waals surface area contributed by atoms with Gasteiger partial charge in [-0.25, -0.2) is 4.98 Å². The van der Waals surface area contributed by atoms with Crippen molar-refractivity contribution in [1.29, 1.82) is 0 Å². The SMILES string of the molecule is CC(=O)NC1CCN(c2cc([C@H](C)N)ccn2)CC1. The van der Waals surface area contributed by atoms with Crippen LogP contribution in [0.3, 0.4) is 0 Å². The van der Waals surface area contributed by atoms with Crippen LogP contribution in [-0.2, 0) is 4.79 Å². The molecule has 2 rings (SSSR count). The van der Waals surface area contributed by atoms with E-state index in [0.717, 1.165) is 37.3 Å². The van der Waals surface area contributed by atoms with Gasteiger partial charge in [0, 0.05) is 38.3 Å². The highest BCUT2D eigenvalue weighted by Crippen LogP contribution is 2.20. The highest BCUT2D eigenvalue weighted by molar-refractivity contribution is 5.73. The first kappa shape index (κ1) is 13.8. The molecule has 1 aromatic rings. The maximum Gasteiger partial charge on any atom is 0.217 e. The molecule has 5 nitrogen and oxygen atoms in total. The van der Waals surface area contributed by atoms with Gasteiger partial charge in [0.25, 0.3) is 0 Å². The number of carbonyl (C=O) groups is 1. The molecule has 0 radical (unpaired) electrons. The third kappa shape index (κ3) is 3.67. The fourth-order valence-corrected chi connectivity index (χ4v) is 2.43. The van der Waals surface area contributed by atoms with Gasteiger partial charge < -0.3 is 16.0 Å². The molecule has 1 aliphatic heterocycles. The number of nitrogens with two attached hydrogens (primary N) is 1. The van der Waals surface area contributed by atoms with E-state index in [1.165, 1.54) is 0 Å². The number of aromatic nitrogens is 1. The molecule has 5 heteroatoms. The predicted octanol–water partition coefficient (Wildman–Crippen LogP) is 1.21. The Morgan fingerprint density at radius 3 is 2.79 bits per heavy atom. The van der Waals surface area contributed by atoms with Gasteiger partial charge in [0.15, 0.2) is 0 Å². The van der Waals surface area contributed by atoms with Crippen molar-refractivity contribution in [2.75, 3.05) is 18.0 Å². The second-order valence-corrected chi connectivity index (χ2v) is 5.20. The molecule has 0 unspecified atom stereocenters. The van der Waals surface area contributed by atoms with Crippen LogP contribution in [0, 0.1) is 0 Å². The first-order valence-electron chi connectivity index (χ1n) is 6.80. The van der Waals surface area contributed by atoms with Crippen LogP contribution < -0.4 is 16.0 Å². The molecule has 104 valence electrons. The summed E-state index contributed by atoms with van der Waals surface area (Å²) in [5.74, 6) is 1.03. The zero-order valence-corrected chi connectivity index (χ0v) is 11.6.